The van der Waals surface area contributed by atoms with E-state index in [1.54, 1.807) is 0 Å². The fourth-order valence-electron chi connectivity index (χ4n) is 1.73. The summed E-state index contributed by atoms with van der Waals surface area (Å²) in [6.07, 6.45) is 0. The van der Waals surface area contributed by atoms with E-state index < -0.39 is 0 Å². The average molecular weight is 190 g/mol. The lowest BCUT2D eigenvalue weighted by molar-refractivity contribution is 0.718. The maximum absolute atomic E-state index is 5.83. The largest absolute Gasteiger partial charge is 0.397 e. The second-order valence-electron chi connectivity index (χ2n) is 3.19. The Bertz CT molecular complexity index is 458. The molecule has 0 bridgehead atoms. The zero-order valence-electron chi connectivity index (χ0n) is 8.20. The van der Waals surface area contributed by atoms with Gasteiger partial charge in [-0.1, -0.05) is 6.07 Å². The average Bonchev–Trinajstić information content (AvgIpc) is 2.57. The van der Waals surface area contributed by atoms with Crippen LogP contribution in [0.2, 0.25) is 0 Å². The molecule has 0 aliphatic rings. The molecule has 0 aliphatic heterocycles. The van der Waals surface area contributed by atoms with Crippen LogP contribution in [0.25, 0.3) is 11.0 Å². The summed E-state index contributed by atoms with van der Waals surface area (Å²) in [5.74, 6) is 0.889. The summed E-state index contributed by atoms with van der Waals surface area (Å²) in [6.45, 7) is 3.39. The Hall–Kier alpha value is -1.55. The third-order valence-electron chi connectivity index (χ3n) is 2.39. The quantitative estimate of drug-likeness (QED) is 0.696. The first-order valence-electron chi connectivity index (χ1n) is 4.71. The van der Waals surface area contributed by atoms with Crippen LogP contribution in [0.5, 0.6) is 0 Å². The van der Waals surface area contributed by atoms with Crippen molar-refractivity contribution in [1.82, 2.24) is 9.55 Å². The zero-order chi connectivity index (χ0) is 10.1. The highest BCUT2D eigenvalue weighted by molar-refractivity contribution is 5.87. The molecule has 4 N–H and O–H groups in total. The van der Waals surface area contributed by atoms with Gasteiger partial charge >= 0.3 is 0 Å². The molecule has 0 amide bonds. The second kappa shape index (κ2) is 3.31. The van der Waals surface area contributed by atoms with Gasteiger partial charge in [-0.15, -0.1) is 0 Å². The first-order chi connectivity index (χ1) is 6.77. The van der Waals surface area contributed by atoms with Crippen molar-refractivity contribution in [2.24, 2.45) is 5.73 Å². The predicted octanol–water partition coefficient (Wildman–Crippen LogP) is 1.10. The molecule has 0 saturated carbocycles. The van der Waals surface area contributed by atoms with E-state index >= 15 is 0 Å². The Kier molecular flexibility index (Phi) is 2.13. The fraction of sp³-hybridized carbons (Fsp3) is 0.300. The summed E-state index contributed by atoms with van der Waals surface area (Å²) < 4.78 is 2.09. The van der Waals surface area contributed by atoms with Crippen molar-refractivity contribution < 1.29 is 0 Å². The molecule has 1 aromatic carbocycles. The predicted molar refractivity (Wildman–Crippen MR) is 57.7 cm³/mol. The number of nitrogen functional groups attached to an aromatic ring is 1. The number of hydrogen-bond donors (Lipinski definition) is 2. The van der Waals surface area contributed by atoms with E-state index in [-0.39, 0.29) is 0 Å². The molecule has 0 spiro atoms. The Labute approximate surface area is 82.5 Å². The molecule has 2 aromatic rings. The van der Waals surface area contributed by atoms with Crippen molar-refractivity contribution in [2.75, 3.05) is 5.73 Å². The Balaban J connectivity index is 2.79. The van der Waals surface area contributed by atoms with E-state index in [2.05, 4.69) is 16.5 Å². The standard InChI is InChI=1S/C10H14N4/c1-2-14-8-5-3-4-7(12)10(8)13-9(14)6-11/h3-5H,2,6,11-12H2,1H3. The van der Waals surface area contributed by atoms with Crippen molar-refractivity contribution in [3.05, 3.63) is 24.0 Å². The molecule has 4 heteroatoms. The summed E-state index contributed by atoms with van der Waals surface area (Å²) in [4.78, 5) is 4.41. The fourth-order valence-corrected chi connectivity index (χ4v) is 1.73. The Morgan fingerprint density at radius 3 is 2.86 bits per heavy atom. The SMILES string of the molecule is CCn1c(CN)nc2c(N)cccc21. The molecule has 0 aliphatic carbocycles. The third kappa shape index (κ3) is 1.15. The summed E-state index contributed by atoms with van der Waals surface area (Å²) in [7, 11) is 0. The van der Waals surface area contributed by atoms with Gasteiger partial charge in [-0.2, -0.15) is 0 Å². The summed E-state index contributed by atoms with van der Waals surface area (Å²) in [5.41, 5.74) is 14.1. The van der Waals surface area contributed by atoms with Crippen LogP contribution in [0.1, 0.15) is 12.7 Å². The molecule has 14 heavy (non-hydrogen) atoms. The topological polar surface area (TPSA) is 69.9 Å². The van der Waals surface area contributed by atoms with Crippen LogP contribution in [-0.2, 0) is 13.1 Å². The first kappa shape index (κ1) is 9.02. The normalized spacial score (nSPS) is 11.0. The van der Waals surface area contributed by atoms with Crippen LogP contribution in [0.4, 0.5) is 5.69 Å². The van der Waals surface area contributed by atoms with Gasteiger partial charge < -0.3 is 16.0 Å². The molecule has 0 unspecified atom stereocenters. The number of nitrogens with two attached hydrogens (primary N) is 2. The minimum absolute atomic E-state index is 0.446. The lowest BCUT2D eigenvalue weighted by Crippen LogP contribution is -2.06. The maximum atomic E-state index is 5.83. The number of para-hydroxylation sites is 1. The maximum Gasteiger partial charge on any atom is 0.123 e. The van der Waals surface area contributed by atoms with Gasteiger partial charge in [-0.05, 0) is 19.1 Å². The highest BCUT2D eigenvalue weighted by atomic mass is 15.1. The van der Waals surface area contributed by atoms with Gasteiger partial charge in [0.05, 0.1) is 17.7 Å². The van der Waals surface area contributed by atoms with Crippen molar-refractivity contribution in [3.8, 4) is 0 Å². The lowest BCUT2D eigenvalue weighted by atomic mass is 10.3. The van der Waals surface area contributed by atoms with Crippen LogP contribution in [0.15, 0.2) is 18.2 Å². The highest BCUT2D eigenvalue weighted by Crippen LogP contribution is 2.21. The van der Waals surface area contributed by atoms with E-state index in [9.17, 15) is 0 Å². The van der Waals surface area contributed by atoms with Gasteiger partial charge in [0.1, 0.15) is 11.3 Å². The molecule has 2 rings (SSSR count). The van der Waals surface area contributed by atoms with Gasteiger partial charge in [0.2, 0.25) is 0 Å². The molecular formula is C10H14N4. The Morgan fingerprint density at radius 2 is 2.21 bits per heavy atom. The third-order valence-corrected chi connectivity index (χ3v) is 2.39. The molecule has 1 heterocycles. The summed E-state index contributed by atoms with van der Waals surface area (Å²) in [5, 5.41) is 0. The minimum Gasteiger partial charge on any atom is -0.397 e. The van der Waals surface area contributed by atoms with Crippen LogP contribution in [0, 0.1) is 0 Å². The van der Waals surface area contributed by atoms with Crippen LogP contribution >= 0.6 is 0 Å². The number of nitrogens with zero attached hydrogens (tertiary/aromatic N) is 2. The minimum atomic E-state index is 0.446. The molecule has 4 nitrogen and oxygen atoms in total. The Morgan fingerprint density at radius 1 is 1.43 bits per heavy atom. The molecular weight excluding hydrogens is 176 g/mol. The monoisotopic (exact) mass is 190 g/mol. The molecule has 74 valence electrons. The van der Waals surface area contributed by atoms with E-state index in [1.165, 1.54) is 0 Å². The second-order valence-corrected chi connectivity index (χ2v) is 3.19. The molecule has 0 fully saturated rings. The zero-order valence-corrected chi connectivity index (χ0v) is 8.20. The van der Waals surface area contributed by atoms with Gasteiger partial charge in [-0.25, -0.2) is 4.98 Å². The highest BCUT2D eigenvalue weighted by Gasteiger charge is 2.09. The molecule has 0 saturated heterocycles. The van der Waals surface area contributed by atoms with Crippen LogP contribution < -0.4 is 11.5 Å². The number of hydrogen-bond acceptors (Lipinski definition) is 3. The molecule has 0 atom stereocenters. The number of aryl methyl sites for hydroxylation is 1. The van der Waals surface area contributed by atoms with Crippen LogP contribution in [0.3, 0.4) is 0 Å². The number of rotatable bonds is 2. The van der Waals surface area contributed by atoms with Crippen molar-refractivity contribution in [3.63, 3.8) is 0 Å². The number of anilines is 1. The number of aromatic nitrogens is 2. The molecule has 0 radical (unpaired) electrons. The van der Waals surface area contributed by atoms with Crippen molar-refractivity contribution in [2.45, 2.75) is 20.0 Å². The van der Waals surface area contributed by atoms with Gasteiger partial charge in [0, 0.05) is 6.54 Å². The van der Waals surface area contributed by atoms with Gasteiger partial charge in [-0.3, -0.25) is 0 Å². The van der Waals surface area contributed by atoms with E-state index in [0.29, 0.717) is 12.2 Å². The number of benzene rings is 1. The lowest BCUT2D eigenvalue weighted by Gasteiger charge is -2.02. The van der Waals surface area contributed by atoms with Crippen LogP contribution in [-0.4, -0.2) is 9.55 Å². The van der Waals surface area contributed by atoms with Gasteiger partial charge in [0.15, 0.2) is 0 Å². The first-order valence-corrected chi connectivity index (χ1v) is 4.71. The van der Waals surface area contributed by atoms with E-state index in [1.807, 2.05) is 18.2 Å². The van der Waals surface area contributed by atoms with Crippen molar-refractivity contribution in [1.29, 1.82) is 0 Å². The van der Waals surface area contributed by atoms with E-state index in [4.69, 9.17) is 11.5 Å². The number of imidazole rings is 1. The molecule has 1 aromatic heterocycles. The number of fused-ring (bicyclic) bond motifs is 1. The van der Waals surface area contributed by atoms with Crippen molar-refractivity contribution >= 4 is 16.7 Å². The smallest absolute Gasteiger partial charge is 0.123 e. The summed E-state index contributed by atoms with van der Waals surface area (Å²) >= 11 is 0. The van der Waals surface area contributed by atoms with Gasteiger partial charge in [0.25, 0.3) is 0 Å². The van der Waals surface area contributed by atoms with E-state index in [0.717, 1.165) is 23.4 Å². The summed E-state index contributed by atoms with van der Waals surface area (Å²) in [6, 6.07) is 5.81.